The minimum absolute atomic E-state index is 0.0162. The second-order valence-electron chi connectivity index (χ2n) is 9.51. The van der Waals surface area contributed by atoms with Crippen LogP contribution >= 0.6 is 12.2 Å². The van der Waals surface area contributed by atoms with E-state index < -0.39 is 11.7 Å². The number of amides is 1. The van der Waals surface area contributed by atoms with E-state index in [1.807, 2.05) is 30.5 Å². The van der Waals surface area contributed by atoms with Crippen molar-refractivity contribution in [2.24, 2.45) is 5.92 Å². The van der Waals surface area contributed by atoms with E-state index in [0.29, 0.717) is 17.8 Å². The molecule has 0 aliphatic heterocycles. The predicted molar refractivity (Wildman–Crippen MR) is 146 cm³/mol. The molecule has 0 fully saturated rings. The summed E-state index contributed by atoms with van der Waals surface area (Å²) in [6.45, 7) is 4.52. The number of nitrogens with zero attached hydrogens (tertiary/aromatic N) is 4. The monoisotopic (exact) mass is 556 g/mol. The molecule has 0 unspecified atom stereocenters. The van der Waals surface area contributed by atoms with Gasteiger partial charge in [0.1, 0.15) is 0 Å². The second-order valence-corrected chi connectivity index (χ2v) is 9.89. The summed E-state index contributed by atoms with van der Waals surface area (Å²) in [5.41, 5.74) is 1.63. The van der Waals surface area contributed by atoms with Crippen molar-refractivity contribution < 1.29 is 18.0 Å². The number of hydrogen-bond acceptors (Lipinski definition) is 4. The van der Waals surface area contributed by atoms with Gasteiger partial charge in [0.15, 0.2) is 5.11 Å². The van der Waals surface area contributed by atoms with Gasteiger partial charge >= 0.3 is 6.18 Å². The standard InChI is InChI=1S/C28H31F3N6OS/c1-19(2)25(17-36(27(39)33-3)16-22-6-4-5-7-24(22)28(29,30)31)35-26(38)12-23-14-34-18-37(23)15-21-10-8-20(13-32)9-11-21/h4-11,14,18-19,25H,12,15-17H2,1-3H3,(H,33,39)(H,35,38)/t25-/m1/s1. The first-order valence-electron chi connectivity index (χ1n) is 12.4. The molecule has 3 aromatic rings. The molecular formula is C28H31F3N6OS. The van der Waals surface area contributed by atoms with Gasteiger partial charge in [-0.2, -0.15) is 18.4 Å². The Morgan fingerprint density at radius 3 is 2.49 bits per heavy atom. The first-order valence-corrected chi connectivity index (χ1v) is 12.8. The van der Waals surface area contributed by atoms with Crippen molar-refractivity contribution in [3.05, 3.63) is 89.0 Å². The second kappa shape index (κ2) is 13.2. The van der Waals surface area contributed by atoms with Gasteiger partial charge in [-0.25, -0.2) is 4.98 Å². The lowest BCUT2D eigenvalue weighted by atomic mass is 10.0. The van der Waals surface area contributed by atoms with Crippen LogP contribution in [0.4, 0.5) is 13.2 Å². The number of thiocarbonyl (C=S) groups is 1. The van der Waals surface area contributed by atoms with Crippen LogP contribution in [0, 0.1) is 17.2 Å². The fraction of sp³-hybridized carbons (Fsp3) is 0.357. The Balaban J connectivity index is 1.71. The zero-order valence-corrected chi connectivity index (χ0v) is 22.8. The summed E-state index contributed by atoms with van der Waals surface area (Å²) in [5.74, 6) is -0.251. The molecule has 0 radical (unpaired) electrons. The number of aromatic nitrogens is 2. The highest BCUT2D eigenvalue weighted by atomic mass is 32.1. The van der Waals surface area contributed by atoms with Gasteiger partial charge in [-0.1, -0.05) is 44.2 Å². The smallest absolute Gasteiger partial charge is 0.366 e. The summed E-state index contributed by atoms with van der Waals surface area (Å²) in [5, 5.41) is 15.2. The topological polar surface area (TPSA) is 86.0 Å². The number of carbonyl (C=O) groups is 1. The molecular weight excluding hydrogens is 525 g/mol. The summed E-state index contributed by atoms with van der Waals surface area (Å²) >= 11 is 5.41. The van der Waals surface area contributed by atoms with E-state index in [9.17, 15) is 18.0 Å². The molecule has 0 spiro atoms. The average molecular weight is 557 g/mol. The highest BCUT2D eigenvalue weighted by Crippen LogP contribution is 2.32. The third-order valence-electron chi connectivity index (χ3n) is 6.33. The van der Waals surface area contributed by atoms with Crippen molar-refractivity contribution in [1.29, 1.82) is 5.26 Å². The molecule has 39 heavy (non-hydrogen) atoms. The van der Waals surface area contributed by atoms with E-state index >= 15 is 0 Å². The number of nitrogens with one attached hydrogen (secondary N) is 2. The molecule has 7 nitrogen and oxygen atoms in total. The maximum Gasteiger partial charge on any atom is 0.416 e. The Kier molecular flexibility index (Phi) is 10.1. The molecule has 0 saturated heterocycles. The zero-order valence-electron chi connectivity index (χ0n) is 22.0. The van der Waals surface area contributed by atoms with Gasteiger partial charge in [0.25, 0.3) is 0 Å². The van der Waals surface area contributed by atoms with Crippen LogP contribution in [0.5, 0.6) is 0 Å². The quantitative estimate of drug-likeness (QED) is 0.358. The van der Waals surface area contributed by atoms with Crippen LogP contribution < -0.4 is 10.6 Å². The molecule has 3 rings (SSSR count). The number of carbonyl (C=O) groups excluding carboxylic acids is 1. The normalized spacial score (nSPS) is 12.1. The summed E-state index contributed by atoms with van der Waals surface area (Å²) in [6.07, 6.45) is -1.14. The zero-order chi connectivity index (χ0) is 28.6. The summed E-state index contributed by atoms with van der Waals surface area (Å²) < 4.78 is 42.6. The third-order valence-corrected chi connectivity index (χ3v) is 6.79. The van der Waals surface area contributed by atoms with E-state index in [4.69, 9.17) is 17.5 Å². The Morgan fingerprint density at radius 1 is 1.18 bits per heavy atom. The largest absolute Gasteiger partial charge is 0.416 e. The fourth-order valence-corrected chi connectivity index (χ4v) is 4.26. The van der Waals surface area contributed by atoms with Crippen LogP contribution in [-0.4, -0.2) is 45.1 Å². The van der Waals surface area contributed by atoms with E-state index in [-0.39, 0.29) is 48.1 Å². The van der Waals surface area contributed by atoms with Crippen molar-refractivity contribution in [3.63, 3.8) is 0 Å². The molecule has 206 valence electrons. The number of rotatable bonds is 10. The Morgan fingerprint density at radius 2 is 1.87 bits per heavy atom. The van der Waals surface area contributed by atoms with Gasteiger partial charge in [0.05, 0.1) is 29.9 Å². The molecule has 0 aliphatic carbocycles. The fourth-order valence-electron chi connectivity index (χ4n) is 4.12. The number of nitriles is 1. The number of alkyl halides is 3. The molecule has 1 heterocycles. The van der Waals surface area contributed by atoms with Gasteiger partial charge in [0.2, 0.25) is 5.91 Å². The van der Waals surface area contributed by atoms with E-state index in [2.05, 4.69) is 21.7 Å². The first-order chi connectivity index (χ1) is 18.5. The minimum atomic E-state index is -4.49. The van der Waals surface area contributed by atoms with E-state index in [1.54, 1.807) is 42.7 Å². The third kappa shape index (κ3) is 8.29. The maximum absolute atomic E-state index is 13.6. The summed E-state index contributed by atoms with van der Waals surface area (Å²) in [6, 6.07) is 14.3. The van der Waals surface area contributed by atoms with Crippen LogP contribution in [0.15, 0.2) is 61.1 Å². The van der Waals surface area contributed by atoms with Gasteiger partial charge in [-0.05, 0) is 47.5 Å². The van der Waals surface area contributed by atoms with Crippen LogP contribution in [0.3, 0.4) is 0 Å². The van der Waals surface area contributed by atoms with Crippen molar-refractivity contribution in [3.8, 4) is 6.07 Å². The molecule has 1 amide bonds. The van der Waals surface area contributed by atoms with Crippen LogP contribution in [0.25, 0.3) is 0 Å². The van der Waals surface area contributed by atoms with E-state index in [0.717, 1.165) is 11.6 Å². The highest BCUT2D eigenvalue weighted by molar-refractivity contribution is 7.80. The van der Waals surface area contributed by atoms with Crippen LogP contribution in [0.2, 0.25) is 0 Å². The molecule has 11 heteroatoms. The number of halogens is 3. The molecule has 2 N–H and O–H groups in total. The van der Waals surface area contributed by atoms with Gasteiger partial charge in [-0.15, -0.1) is 0 Å². The van der Waals surface area contributed by atoms with Crippen molar-refractivity contribution in [2.75, 3.05) is 13.6 Å². The van der Waals surface area contributed by atoms with E-state index in [1.165, 1.54) is 12.1 Å². The summed E-state index contributed by atoms with van der Waals surface area (Å²) in [7, 11) is 1.61. The molecule has 2 aromatic carbocycles. The maximum atomic E-state index is 13.6. The lowest BCUT2D eigenvalue weighted by molar-refractivity contribution is -0.138. The first kappa shape index (κ1) is 29.6. The average Bonchev–Trinajstić information content (AvgIpc) is 3.33. The van der Waals surface area contributed by atoms with Gasteiger partial charge in [0, 0.05) is 44.6 Å². The molecule has 0 saturated carbocycles. The lowest BCUT2D eigenvalue weighted by Gasteiger charge is -2.32. The molecule has 1 atom stereocenters. The molecule has 0 aliphatic rings. The van der Waals surface area contributed by atoms with Crippen LogP contribution in [0.1, 0.15) is 41.8 Å². The van der Waals surface area contributed by atoms with Crippen molar-refractivity contribution >= 4 is 23.2 Å². The SMILES string of the molecule is CNC(=S)N(Cc1ccccc1C(F)(F)F)C[C@@H](NC(=O)Cc1cncn1Cc1ccc(C#N)cc1)C(C)C. The number of imidazole rings is 1. The van der Waals surface area contributed by atoms with Gasteiger partial charge < -0.3 is 20.1 Å². The number of hydrogen-bond donors (Lipinski definition) is 2. The predicted octanol–water partition coefficient (Wildman–Crippen LogP) is 4.51. The number of benzene rings is 2. The molecule has 0 bridgehead atoms. The van der Waals surface area contributed by atoms with Gasteiger partial charge in [-0.3, -0.25) is 4.79 Å². The Bertz CT molecular complexity index is 1310. The minimum Gasteiger partial charge on any atom is -0.366 e. The Hall–Kier alpha value is -3.91. The summed E-state index contributed by atoms with van der Waals surface area (Å²) in [4.78, 5) is 18.9. The molecule has 1 aromatic heterocycles. The lowest BCUT2D eigenvalue weighted by Crippen LogP contribution is -2.50. The van der Waals surface area contributed by atoms with Crippen LogP contribution in [-0.2, 0) is 30.5 Å². The Labute approximate surface area is 231 Å². The highest BCUT2D eigenvalue weighted by Gasteiger charge is 2.33. The van der Waals surface area contributed by atoms with Crippen molar-refractivity contribution in [1.82, 2.24) is 25.1 Å². The van der Waals surface area contributed by atoms with Crippen molar-refractivity contribution in [2.45, 2.75) is 45.6 Å².